The molecule has 0 aliphatic carbocycles. The van der Waals surface area contributed by atoms with Gasteiger partial charge in [0.25, 0.3) is 0 Å². The van der Waals surface area contributed by atoms with Crippen LogP contribution in [0.4, 0.5) is 5.69 Å². The van der Waals surface area contributed by atoms with Crippen molar-refractivity contribution in [2.24, 2.45) is 0 Å². The highest BCUT2D eigenvalue weighted by molar-refractivity contribution is 7.92. The molecule has 4 nitrogen and oxygen atoms in total. The summed E-state index contributed by atoms with van der Waals surface area (Å²) in [6.07, 6.45) is 2.38. The first-order valence-electron chi connectivity index (χ1n) is 6.75. The Kier molecular flexibility index (Phi) is 4.47. The second-order valence-corrected chi connectivity index (χ2v) is 7.29. The molecule has 0 aromatic heterocycles. The van der Waals surface area contributed by atoms with E-state index in [1.165, 1.54) is 17.1 Å². The van der Waals surface area contributed by atoms with E-state index in [1.807, 2.05) is 31.2 Å². The Morgan fingerprint density at radius 1 is 1.16 bits per heavy atom. The molecule has 0 radical (unpaired) electrons. The molecule has 0 atom stereocenters. The second kappa shape index (κ2) is 5.92. The zero-order valence-corrected chi connectivity index (χ0v) is 12.5. The monoisotopic (exact) mass is 282 g/mol. The van der Waals surface area contributed by atoms with E-state index in [9.17, 15) is 8.42 Å². The number of likely N-dealkylation sites (tertiary alicyclic amines) is 1. The van der Waals surface area contributed by atoms with E-state index in [4.69, 9.17) is 0 Å². The molecular weight excluding hydrogens is 260 g/mol. The van der Waals surface area contributed by atoms with Crippen molar-refractivity contribution in [2.45, 2.75) is 19.8 Å². The smallest absolute Gasteiger partial charge is 0.236 e. The number of hydrogen-bond acceptors (Lipinski definition) is 3. The van der Waals surface area contributed by atoms with Gasteiger partial charge in [0.05, 0.1) is 11.4 Å². The number of hydrogen-bond donors (Lipinski definition) is 0. The molecule has 0 amide bonds. The van der Waals surface area contributed by atoms with Crippen LogP contribution >= 0.6 is 0 Å². The molecule has 1 saturated heterocycles. The largest absolute Gasteiger partial charge is 0.302 e. The summed E-state index contributed by atoms with van der Waals surface area (Å²) in [5.41, 5.74) is 1.86. The second-order valence-electron chi connectivity index (χ2n) is 5.17. The van der Waals surface area contributed by atoms with Crippen molar-refractivity contribution in [3.63, 3.8) is 0 Å². The number of sulfonamides is 1. The molecule has 19 heavy (non-hydrogen) atoms. The van der Waals surface area contributed by atoms with Gasteiger partial charge in [0.15, 0.2) is 0 Å². The Hall–Kier alpha value is -1.07. The SMILES string of the molecule is Cc1ccc(N(C)S(=O)(=O)CCN2CCCC2)cc1. The van der Waals surface area contributed by atoms with Gasteiger partial charge in [0.1, 0.15) is 0 Å². The Balaban J connectivity index is 1.99. The van der Waals surface area contributed by atoms with Gasteiger partial charge < -0.3 is 4.90 Å². The molecule has 2 rings (SSSR count). The van der Waals surface area contributed by atoms with Crippen LogP contribution in [0.5, 0.6) is 0 Å². The third-order valence-corrected chi connectivity index (χ3v) is 5.42. The molecule has 1 aliphatic rings. The Morgan fingerprint density at radius 2 is 1.74 bits per heavy atom. The van der Waals surface area contributed by atoms with Crippen LogP contribution in [0.3, 0.4) is 0 Å². The average molecular weight is 282 g/mol. The summed E-state index contributed by atoms with van der Waals surface area (Å²) in [5.74, 6) is 0.192. The van der Waals surface area contributed by atoms with Crippen LogP contribution in [-0.4, -0.2) is 45.8 Å². The van der Waals surface area contributed by atoms with Crippen molar-refractivity contribution < 1.29 is 8.42 Å². The van der Waals surface area contributed by atoms with Gasteiger partial charge >= 0.3 is 0 Å². The summed E-state index contributed by atoms with van der Waals surface area (Å²) in [6.45, 7) is 4.69. The van der Waals surface area contributed by atoms with Crippen LogP contribution in [0, 0.1) is 6.92 Å². The lowest BCUT2D eigenvalue weighted by Crippen LogP contribution is -2.34. The minimum Gasteiger partial charge on any atom is -0.302 e. The molecule has 0 bridgehead atoms. The standard InChI is InChI=1S/C14H22N2O2S/c1-13-5-7-14(8-6-13)15(2)19(17,18)12-11-16-9-3-4-10-16/h5-8H,3-4,9-12H2,1-2H3. The van der Waals surface area contributed by atoms with Crippen molar-refractivity contribution in [1.29, 1.82) is 0 Å². The van der Waals surface area contributed by atoms with Crippen molar-refractivity contribution in [3.8, 4) is 0 Å². The van der Waals surface area contributed by atoms with Crippen LogP contribution in [0.1, 0.15) is 18.4 Å². The van der Waals surface area contributed by atoms with E-state index in [-0.39, 0.29) is 5.75 Å². The molecule has 1 heterocycles. The van der Waals surface area contributed by atoms with Gasteiger partial charge in [-0.25, -0.2) is 8.42 Å². The lowest BCUT2D eigenvalue weighted by molar-refractivity contribution is 0.359. The Bertz CT molecular complexity index is 505. The number of rotatable bonds is 5. The maximum Gasteiger partial charge on any atom is 0.236 e. The number of anilines is 1. The predicted molar refractivity (Wildman–Crippen MR) is 79.0 cm³/mol. The summed E-state index contributed by atoms with van der Waals surface area (Å²) in [6, 6.07) is 7.56. The summed E-state index contributed by atoms with van der Waals surface area (Å²) >= 11 is 0. The predicted octanol–water partition coefficient (Wildman–Crippen LogP) is 1.86. The molecule has 1 aromatic carbocycles. The van der Waals surface area contributed by atoms with E-state index in [1.54, 1.807) is 7.05 Å². The lowest BCUT2D eigenvalue weighted by Gasteiger charge is -2.21. The van der Waals surface area contributed by atoms with Crippen molar-refractivity contribution >= 4 is 15.7 Å². The third kappa shape index (κ3) is 3.70. The van der Waals surface area contributed by atoms with E-state index < -0.39 is 10.0 Å². The average Bonchev–Trinajstić information content (AvgIpc) is 2.90. The first-order chi connectivity index (χ1) is 8.99. The number of aryl methyl sites for hydroxylation is 1. The quantitative estimate of drug-likeness (QED) is 0.827. The Morgan fingerprint density at radius 3 is 2.32 bits per heavy atom. The summed E-state index contributed by atoms with van der Waals surface area (Å²) < 4.78 is 25.9. The topological polar surface area (TPSA) is 40.6 Å². The molecular formula is C14H22N2O2S. The van der Waals surface area contributed by atoms with Crippen LogP contribution in [0.2, 0.25) is 0 Å². The van der Waals surface area contributed by atoms with Gasteiger partial charge in [-0.1, -0.05) is 17.7 Å². The van der Waals surface area contributed by atoms with Gasteiger partial charge in [-0.2, -0.15) is 0 Å². The van der Waals surface area contributed by atoms with Crippen LogP contribution in [0.25, 0.3) is 0 Å². The summed E-state index contributed by atoms with van der Waals surface area (Å²) in [4.78, 5) is 2.22. The minimum absolute atomic E-state index is 0.192. The highest BCUT2D eigenvalue weighted by atomic mass is 32.2. The number of nitrogens with zero attached hydrogens (tertiary/aromatic N) is 2. The van der Waals surface area contributed by atoms with Gasteiger partial charge in [0.2, 0.25) is 10.0 Å². The van der Waals surface area contributed by atoms with Crippen molar-refractivity contribution in [2.75, 3.05) is 36.7 Å². The van der Waals surface area contributed by atoms with Gasteiger partial charge in [0, 0.05) is 13.6 Å². The minimum atomic E-state index is -3.22. The van der Waals surface area contributed by atoms with E-state index in [0.717, 1.165) is 24.3 Å². The van der Waals surface area contributed by atoms with E-state index in [2.05, 4.69) is 4.90 Å². The molecule has 1 fully saturated rings. The Labute approximate surface area is 116 Å². The fraction of sp³-hybridized carbons (Fsp3) is 0.571. The first kappa shape index (κ1) is 14.3. The maximum absolute atomic E-state index is 12.3. The highest BCUT2D eigenvalue weighted by Gasteiger charge is 2.21. The van der Waals surface area contributed by atoms with Crippen LogP contribution in [-0.2, 0) is 10.0 Å². The van der Waals surface area contributed by atoms with Crippen molar-refractivity contribution in [1.82, 2.24) is 4.90 Å². The molecule has 1 aromatic rings. The molecule has 0 unspecified atom stereocenters. The van der Waals surface area contributed by atoms with Gasteiger partial charge in [-0.05, 0) is 45.0 Å². The van der Waals surface area contributed by atoms with Crippen LogP contribution < -0.4 is 4.31 Å². The van der Waals surface area contributed by atoms with Gasteiger partial charge in [-0.15, -0.1) is 0 Å². The molecule has 0 N–H and O–H groups in total. The maximum atomic E-state index is 12.3. The van der Waals surface area contributed by atoms with E-state index in [0.29, 0.717) is 6.54 Å². The molecule has 1 aliphatic heterocycles. The highest BCUT2D eigenvalue weighted by Crippen LogP contribution is 2.17. The molecule has 5 heteroatoms. The molecule has 106 valence electrons. The summed E-state index contributed by atoms with van der Waals surface area (Å²) in [5, 5.41) is 0. The number of benzene rings is 1. The van der Waals surface area contributed by atoms with E-state index >= 15 is 0 Å². The van der Waals surface area contributed by atoms with Gasteiger partial charge in [-0.3, -0.25) is 4.31 Å². The van der Waals surface area contributed by atoms with Crippen molar-refractivity contribution in [3.05, 3.63) is 29.8 Å². The zero-order valence-electron chi connectivity index (χ0n) is 11.7. The van der Waals surface area contributed by atoms with Crippen LogP contribution in [0.15, 0.2) is 24.3 Å². The molecule has 0 saturated carbocycles. The fourth-order valence-corrected chi connectivity index (χ4v) is 3.51. The molecule has 0 spiro atoms. The fourth-order valence-electron chi connectivity index (χ4n) is 2.30. The zero-order chi connectivity index (χ0) is 13.9. The normalized spacial score (nSPS) is 16.7. The third-order valence-electron chi connectivity index (χ3n) is 3.68. The summed E-state index contributed by atoms with van der Waals surface area (Å²) in [7, 11) is -1.59. The lowest BCUT2D eigenvalue weighted by atomic mass is 10.2. The first-order valence-corrected chi connectivity index (χ1v) is 8.35.